The molecule has 2 aromatic heterocycles. The molecule has 3 rings (SSSR count). The van der Waals surface area contributed by atoms with Crippen molar-refractivity contribution >= 4 is 39.0 Å². The van der Waals surface area contributed by atoms with E-state index in [1.807, 2.05) is 12.1 Å². The first-order valence-electron chi connectivity index (χ1n) is 8.93. The lowest BCUT2D eigenvalue weighted by Crippen LogP contribution is -2.31. The number of benzene rings is 1. The fourth-order valence-electron chi connectivity index (χ4n) is 3.13. The lowest BCUT2D eigenvalue weighted by molar-refractivity contribution is 0.190. The number of rotatable bonds is 9. The first-order valence-corrected chi connectivity index (χ1v) is 10.1. The minimum absolute atomic E-state index is 0.241. The highest BCUT2D eigenvalue weighted by atomic mass is 35.5. The topological polar surface area (TPSA) is 56.7 Å². The quantitative estimate of drug-likeness (QED) is 0.476. The predicted molar refractivity (Wildman–Crippen MR) is 115 cm³/mol. The van der Waals surface area contributed by atoms with Gasteiger partial charge in [0, 0.05) is 37.7 Å². The highest BCUT2D eigenvalue weighted by molar-refractivity contribution is 7.19. The summed E-state index contributed by atoms with van der Waals surface area (Å²) in [6.07, 6.45) is 0. The van der Waals surface area contributed by atoms with Crippen molar-refractivity contribution in [3.8, 4) is 16.9 Å². The molecule has 0 saturated carbocycles. The van der Waals surface area contributed by atoms with Gasteiger partial charge in [0.25, 0.3) is 0 Å². The van der Waals surface area contributed by atoms with Gasteiger partial charge in [-0.25, -0.2) is 4.98 Å². The summed E-state index contributed by atoms with van der Waals surface area (Å²) < 4.78 is 15.9. The second-order valence-corrected chi connectivity index (χ2v) is 7.77. The average molecular weight is 422 g/mol. The number of hydrogen-bond acceptors (Lipinski definition) is 7. The maximum atomic E-state index is 6.26. The van der Waals surface area contributed by atoms with E-state index in [9.17, 15) is 0 Å². The van der Waals surface area contributed by atoms with E-state index in [4.69, 9.17) is 25.8 Å². The van der Waals surface area contributed by atoms with E-state index in [0.717, 1.165) is 37.8 Å². The number of thiophene rings is 1. The Kier molecular flexibility index (Phi) is 7.07. The number of methoxy groups -OCH3 is 3. The van der Waals surface area contributed by atoms with Crippen LogP contribution in [-0.4, -0.2) is 57.6 Å². The van der Waals surface area contributed by atoms with Gasteiger partial charge in [-0.05, 0) is 36.2 Å². The Labute approximate surface area is 174 Å². The van der Waals surface area contributed by atoms with Gasteiger partial charge in [0.15, 0.2) is 0 Å². The molecule has 0 unspecified atom stereocenters. The van der Waals surface area contributed by atoms with Gasteiger partial charge in [-0.3, -0.25) is 0 Å². The number of fused-ring (bicyclic) bond motifs is 1. The van der Waals surface area contributed by atoms with Gasteiger partial charge in [-0.1, -0.05) is 12.1 Å². The molecule has 0 radical (unpaired) electrons. The van der Waals surface area contributed by atoms with Crippen molar-refractivity contribution in [2.45, 2.75) is 6.92 Å². The molecule has 8 heteroatoms. The first kappa shape index (κ1) is 20.8. The summed E-state index contributed by atoms with van der Waals surface area (Å²) in [5.41, 5.74) is 2.21. The van der Waals surface area contributed by atoms with Gasteiger partial charge >= 0.3 is 0 Å². The molecule has 0 atom stereocenters. The van der Waals surface area contributed by atoms with Crippen LogP contribution in [0, 0.1) is 6.92 Å². The van der Waals surface area contributed by atoms with Crippen LogP contribution in [0.15, 0.2) is 24.3 Å². The van der Waals surface area contributed by atoms with Crippen LogP contribution >= 0.6 is 22.9 Å². The largest absolute Gasteiger partial charge is 0.497 e. The number of anilines is 1. The van der Waals surface area contributed by atoms with Crippen molar-refractivity contribution < 1.29 is 14.2 Å². The Morgan fingerprint density at radius 1 is 1.00 bits per heavy atom. The fourth-order valence-corrected chi connectivity index (χ4v) is 4.38. The molecule has 0 amide bonds. The number of halogens is 1. The smallest absolute Gasteiger partial charge is 0.225 e. The van der Waals surface area contributed by atoms with Crippen molar-refractivity contribution in [3.05, 3.63) is 34.4 Å². The van der Waals surface area contributed by atoms with Crippen LogP contribution in [0.25, 0.3) is 21.3 Å². The number of nitrogens with zero attached hydrogens (tertiary/aromatic N) is 3. The maximum Gasteiger partial charge on any atom is 0.225 e. The highest BCUT2D eigenvalue weighted by Crippen LogP contribution is 2.42. The standard InChI is InChI=1S/C20H24ClN3O3S/c1-13-16(14-5-7-15(27-4)8-6-14)17-18(22-20(21)23-19(17)28-13)24(9-11-25-2)10-12-26-3/h5-8H,9-12H2,1-4H3. The van der Waals surface area contributed by atoms with Crippen LogP contribution in [0.2, 0.25) is 5.28 Å². The third kappa shape index (κ3) is 4.38. The normalized spacial score (nSPS) is 11.2. The van der Waals surface area contributed by atoms with Crippen molar-refractivity contribution in [2.75, 3.05) is 52.5 Å². The minimum atomic E-state index is 0.241. The van der Waals surface area contributed by atoms with Crippen LogP contribution in [0.4, 0.5) is 5.82 Å². The molecule has 0 aliphatic carbocycles. The summed E-state index contributed by atoms with van der Waals surface area (Å²) >= 11 is 7.88. The summed E-state index contributed by atoms with van der Waals surface area (Å²) in [5.74, 6) is 1.63. The predicted octanol–water partition coefficient (Wildman–Crippen LogP) is 4.43. The summed E-state index contributed by atoms with van der Waals surface area (Å²) in [7, 11) is 5.04. The van der Waals surface area contributed by atoms with Crippen molar-refractivity contribution in [3.63, 3.8) is 0 Å². The van der Waals surface area contributed by atoms with Gasteiger partial charge in [0.2, 0.25) is 5.28 Å². The summed E-state index contributed by atoms with van der Waals surface area (Å²) in [6.45, 7) is 4.61. The molecule has 0 aliphatic rings. The maximum absolute atomic E-state index is 6.26. The van der Waals surface area contributed by atoms with E-state index in [0.29, 0.717) is 26.3 Å². The lowest BCUT2D eigenvalue weighted by atomic mass is 10.0. The van der Waals surface area contributed by atoms with Crippen molar-refractivity contribution in [1.29, 1.82) is 0 Å². The van der Waals surface area contributed by atoms with Gasteiger partial charge in [0.05, 0.1) is 25.7 Å². The third-order valence-electron chi connectivity index (χ3n) is 4.49. The second kappa shape index (κ2) is 9.52. The zero-order chi connectivity index (χ0) is 20.1. The SMILES string of the molecule is COCCN(CCOC)c1nc(Cl)nc2sc(C)c(-c3ccc(OC)cc3)c12. The Bertz CT molecular complexity index is 923. The molecule has 2 heterocycles. The second-order valence-electron chi connectivity index (χ2n) is 6.23. The van der Waals surface area contributed by atoms with Gasteiger partial charge < -0.3 is 19.1 Å². The van der Waals surface area contributed by atoms with Crippen molar-refractivity contribution in [1.82, 2.24) is 9.97 Å². The zero-order valence-corrected chi connectivity index (χ0v) is 18.1. The third-order valence-corrected chi connectivity index (χ3v) is 5.66. The Hall–Kier alpha value is -1.93. The van der Waals surface area contributed by atoms with Crippen LogP contribution in [0.1, 0.15) is 4.88 Å². The Morgan fingerprint density at radius 3 is 2.21 bits per heavy atom. The summed E-state index contributed by atoms with van der Waals surface area (Å²) in [5, 5.41) is 1.24. The van der Waals surface area contributed by atoms with Gasteiger partial charge in [-0.2, -0.15) is 4.98 Å². The van der Waals surface area contributed by atoms with Crippen molar-refractivity contribution in [2.24, 2.45) is 0 Å². The molecule has 150 valence electrons. The molecule has 0 aliphatic heterocycles. The molecular formula is C20H24ClN3O3S. The number of hydrogen-bond donors (Lipinski definition) is 0. The van der Waals surface area contributed by atoms with E-state index < -0.39 is 0 Å². The van der Waals surface area contributed by atoms with Crippen LogP contribution < -0.4 is 9.64 Å². The van der Waals surface area contributed by atoms with Gasteiger partial charge in [0.1, 0.15) is 16.4 Å². The van der Waals surface area contributed by atoms with E-state index >= 15 is 0 Å². The number of ether oxygens (including phenoxy) is 3. The molecule has 6 nitrogen and oxygen atoms in total. The van der Waals surface area contributed by atoms with Gasteiger partial charge in [-0.15, -0.1) is 11.3 Å². The lowest BCUT2D eigenvalue weighted by Gasteiger charge is -2.24. The molecule has 0 saturated heterocycles. The average Bonchev–Trinajstić information content (AvgIpc) is 3.03. The van der Waals surface area contributed by atoms with Crippen LogP contribution in [0.3, 0.4) is 0 Å². The molecule has 28 heavy (non-hydrogen) atoms. The van der Waals surface area contributed by atoms with E-state index in [1.165, 1.54) is 0 Å². The molecular weight excluding hydrogens is 398 g/mol. The molecule has 0 spiro atoms. The fraction of sp³-hybridized carbons (Fsp3) is 0.400. The molecule has 3 aromatic rings. The van der Waals surface area contributed by atoms with Crippen LogP contribution in [-0.2, 0) is 9.47 Å². The summed E-state index contributed by atoms with van der Waals surface area (Å²) in [4.78, 5) is 13.2. The van der Waals surface area contributed by atoms with Crippen LogP contribution in [0.5, 0.6) is 5.75 Å². The molecule has 1 aromatic carbocycles. The summed E-state index contributed by atoms with van der Waals surface area (Å²) in [6, 6.07) is 8.03. The first-order chi connectivity index (χ1) is 13.6. The minimum Gasteiger partial charge on any atom is -0.497 e. The zero-order valence-electron chi connectivity index (χ0n) is 16.5. The number of aryl methyl sites for hydroxylation is 1. The molecule has 0 bridgehead atoms. The molecule has 0 fully saturated rings. The highest BCUT2D eigenvalue weighted by Gasteiger charge is 2.22. The monoisotopic (exact) mass is 421 g/mol. The molecule has 0 N–H and O–H groups in total. The Balaban J connectivity index is 2.17. The number of aromatic nitrogens is 2. The Morgan fingerprint density at radius 2 is 1.64 bits per heavy atom. The van der Waals surface area contributed by atoms with E-state index in [-0.39, 0.29) is 5.28 Å². The van der Waals surface area contributed by atoms with E-state index in [2.05, 4.69) is 33.9 Å². The van der Waals surface area contributed by atoms with E-state index in [1.54, 1.807) is 32.7 Å².